The molecule has 0 heterocycles. The summed E-state index contributed by atoms with van der Waals surface area (Å²) in [5, 5.41) is 0. The summed E-state index contributed by atoms with van der Waals surface area (Å²) >= 11 is 0. The van der Waals surface area contributed by atoms with Crippen LogP contribution in [-0.2, 0) is 28.6 Å². The minimum atomic E-state index is -0.770. The zero-order valence-corrected chi connectivity index (χ0v) is 33.9. The smallest absolute Gasteiger partial charge is 0.306 e. The summed E-state index contributed by atoms with van der Waals surface area (Å²) in [5.74, 6) is -0.894. The second-order valence-electron chi connectivity index (χ2n) is 14.6. The normalized spacial score (nSPS) is 11.6. The zero-order chi connectivity index (χ0) is 37.3. The minimum absolute atomic E-state index is 0.0760. The standard InChI is InChI=1S/C45H82O6/c1-4-7-10-13-16-19-22-25-28-31-34-37-43(46)49-40-42(51-45(48)39-36-33-30-27-24-21-18-15-12-9-6-3)41-50-44(47)38-35-32-29-26-23-20-17-14-11-8-5-2/h13-14,16-17,42H,4-12,15,18-41H2,1-3H3/b16-13-,17-14-. The van der Waals surface area contributed by atoms with Crippen molar-refractivity contribution in [1.82, 2.24) is 0 Å². The first-order valence-electron chi connectivity index (χ1n) is 21.8. The molecule has 0 aliphatic rings. The Balaban J connectivity index is 4.38. The summed E-state index contributed by atoms with van der Waals surface area (Å²) in [7, 11) is 0. The highest BCUT2D eigenvalue weighted by Gasteiger charge is 2.19. The van der Waals surface area contributed by atoms with E-state index < -0.39 is 6.10 Å². The average molecular weight is 719 g/mol. The van der Waals surface area contributed by atoms with Gasteiger partial charge in [-0.1, -0.05) is 173 Å². The Kier molecular flexibility index (Phi) is 39.0. The Morgan fingerprint density at radius 2 is 0.667 bits per heavy atom. The van der Waals surface area contributed by atoms with E-state index in [1.807, 2.05) is 0 Å². The molecule has 6 nitrogen and oxygen atoms in total. The fourth-order valence-electron chi connectivity index (χ4n) is 6.05. The van der Waals surface area contributed by atoms with Crippen molar-refractivity contribution >= 4 is 17.9 Å². The predicted octanol–water partition coefficient (Wildman–Crippen LogP) is 13.6. The summed E-state index contributed by atoms with van der Waals surface area (Å²) in [5.41, 5.74) is 0. The quantitative estimate of drug-likeness (QED) is 0.0272. The summed E-state index contributed by atoms with van der Waals surface area (Å²) < 4.78 is 16.6. The van der Waals surface area contributed by atoms with E-state index in [1.165, 1.54) is 116 Å². The molecule has 0 aromatic rings. The maximum Gasteiger partial charge on any atom is 0.306 e. The van der Waals surface area contributed by atoms with Crippen LogP contribution in [0.2, 0.25) is 0 Å². The number of hydrogen-bond acceptors (Lipinski definition) is 6. The van der Waals surface area contributed by atoms with Crippen LogP contribution < -0.4 is 0 Å². The van der Waals surface area contributed by atoms with Gasteiger partial charge in [-0.05, 0) is 57.8 Å². The first-order valence-corrected chi connectivity index (χ1v) is 21.8. The van der Waals surface area contributed by atoms with Crippen molar-refractivity contribution in [3.63, 3.8) is 0 Å². The third kappa shape index (κ3) is 38.9. The molecule has 0 aromatic carbocycles. The topological polar surface area (TPSA) is 78.9 Å². The van der Waals surface area contributed by atoms with Crippen LogP contribution >= 0.6 is 0 Å². The molecule has 0 spiro atoms. The highest BCUT2D eigenvalue weighted by Crippen LogP contribution is 2.14. The number of unbranched alkanes of at least 4 members (excludes halogenated alkanes) is 24. The van der Waals surface area contributed by atoms with Gasteiger partial charge in [0, 0.05) is 19.3 Å². The number of ether oxygens (including phenoxy) is 3. The minimum Gasteiger partial charge on any atom is -0.462 e. The number of carbonyl (C=O) groups excluding carboxylic acids is 3. The maximum absolute atomic E-state index is 12.7. The SMILES string of the molecule is CCCC/C=C\CCCCCCCC(=O)OCC(COC(=O)CCCCCCC/C=C\CCCC)OC(=O)CCCCCCCCCCCCC. The predicted molar refractivity (Wildman–Crippen MR) is 215 cm³/mol. The zero-order valence-electron chi connectivity index (χ0n) is 33.9. The number of esters is 3. The molecule has 0 saturated carbocycles. The van der Waals surface area contributed by atoms with Crippen LogP contribution in [0.15, 0.2) is 24.3 Å². The van der Waals surface area contributed by atoms with Gasteiger partial charge in [0.2, 0.25) is 0 Å². The highest BCUT2D eigenvalue weighted by atomic mass is 16.6. The number of hydrogen-bond donors (Lipinski definition) is 0. The van der Waals surface area contributed by atoms with Crippen LogP contribution in [0.3, 0.4) is 0 Å². The highest BCUT2D eigenvalue weighted by molar-refractivity contribution is 5.71. The number of allylic oxidation sites excluding steroid dienone is 4. The van der Waals surface area contributed by atoms with Crippen molar-refractivity contribution < 1.29 is 28.6 Å². The van der Waals surface area contributed by atoms with Gasteiger partial charge >= 0.3 is 17.9 Å². The first-order chi connectivity index (χ1) is 25.0. The van der Waals surface area contributed by atoms with Gasteiger partial charge < -0.3 is 14.2 Å². The molecule has 0 radical (unpaired) electrons. The monoisotopic (exact) mass is 719 g/mol. The summed E-state index contributed by atoms with van der Waals surface area (Å²) in [6, 6.07) is 0. The lowest BCUT2D eigenvalue weighted by Crippen LogP contribution is -2.30. The molecule has 0 amide bonds. The van der Waals surface area contributed by atoms with Gasteiger partial charge in [0.25, 0.3) is 0 Å². The van der Waals surface area contributed by atoms with E-state index in [2.05, 4.69) is 45.1 Å². The summed E-state index contributed by atoms with van der Waals surface area (Å²) in [6.45, 7) is 6.53. The van der Waals surface area contributed by atoms with Gasteiger partial charge in [-0.25, -0.2) is 0 Å². The van der Waals surface area contributed by atoms with Gasteiger partial charge in [0.15, 0.2) is 6.10 Å². The fraction of sp³-hybridized carbons (Fsp3) is 0.844. The Bertz CT molecular complexity index is 787. The van der Waals surface area contributed by atoms with Crippen molar-refractivity contribution in [2.45, 2.75) is 232 Å². The van der Waals surface area contributed by atoms with E-state index >= 15 is 0 Å². The average Bonchev–Trinajstić information content (AvgIpc) is 3.12. The molecule has 0 aliphatic carbocycles. The maximum atomic E-state index is 12.7. The van der Waals surface area contributed by atoms with E-state index in [4.69, 9.17) is 14.2 Å². The lowest BCUT2D eigenvalue weighted by Gasteiger charge is -2.18. The molecular formula is C45H82O6. The third-order valence-electron chi connectivity index (χ3n) is 9.43. The van der Waals surface area contributed by atoms with Gasteiger partial charge in [-0.2, -0.15) is 0 Å². The lowest BCUT2D eigenvalue weighted by molar-refractivity contribution is -0.167. The molecule has 0 N–H and O–H groups in total. The molecule has 0 unspecified atom stereocenters. The van der Waals surface area contributed by atoms with E-state index in [0.717, 1.165) is 70.6 Å². The van der Waals surface area contributed by atoms with Gasteiger partial charge in [-0.15, -0.1) is 0 Å². The summed E-state index contributed by atoms with van der Waals surface area (Å²) in [4.78, 5) is 37.6. The molecule has 298 valence electrons. The number of carbonyl (C=O) groups is 3. The second kappa shape index (κ2) is 40.7. The van der Waals surface area contributed by atoms with E-state index in [9.17, 15) is 14.4 Å². The molecule has 0 rings (SSSR count). The molecule has 51 heavy (non-hydrogen) atoms. The lowest BCUT2D eigenvalue weighted by atomic mass is 10.1. The number of rotatable bonds is 39. The summed E-state index contributed by atoms with van der Waals surface area (Å²) in [6.07, 6.45) is 43.0. The van der Waals surface area contributed by atoms with Crippen LogP contribution in [0.4, 0.5) is 0 Å². The molecule has 0 atom stereocenters. The second-order valence-corrected chi connectivity index (χ2v) is 14.6. The van der Waals surface area contributed by atoms with Crippen LogP contribution in [-0.4, -0.2) is 37.2 Å². The Hall–Kier alpha value is -2.11. The van der Waals surface area contributed by atoms with E-state index in [0.29, 0.717) is 19.3 Å². The molecule has 0 fully saturated rings. The largest absolute Gasteiger partial charge is 0.462 e. The molecular weight excluding hydrogens is 636 g/mol. The van der Waals surface area contributed by atoms with Gasteiger partial charge in [0.05, 0.1) is 0 Å². The van der Waals surface area contributed by atoms with Crippen LogP contribution in [0.25, 0.3) is 0 Å². The van der Waals surface area contributed by atoms with Crippen LogP contribution in [0.5, 0.6) is 0 Å². The Morgan fingerprint density at radius 3 is 1.04 bits per heavy atom. The Morgan fingerprint density at radius 1 is 0.373 bits per heavy atom. The van der Waals surface area contributed by atoms with Gasteiger partial charge in [0.1, 0.15) is 13.2 Å². The molecule has 0 aromatic heterocycles. The van der Waals surface area contributed by atoms with Crippen molar-refractivity contribution in [3.8, 4) is 0 Å². The molecule has 0 aliphatic heterocycles. The van der Waals surface area contributed by atoms with E-state index in [-0.39, 0.29) is 31.1 Å². The molecule has 0 saturated heterocycles. The van der Waals surface area contributed by atoms with Crippen molar-refractivity contribution in [3.05, 3.63) is 24.3 Å². The molecule has 0 bridgehead atoms. The third-order valence-corrected chi connectivity index (χ3v) is 9.43. The molecule has 6 heteroatoms. The van der Waals surface area contributed by atoms with E-state index in [1.54, 1.807) is 0 Å². The van der Waals surface area contributed by atoms with Crippen LogP contribution in [0.1, 0.15) is 226 Å². The van der Waals surface area contributed by atoms with Crippen molar-refractivity contribution in [2.24, 2.45) is 0 Å². The van der Waals surface area contributed by atoms with Crippen LogP contribution in [0, 0.1) is 0 Å². The van der Waals surface area contributed by atoms with Crippen molar-refractivity contribution in [1.29, 1.82) is 0 Å². The fourth-order valence-corrected chi connectivity index (χ4v) is 6.05. The first kappa shape index (κ1) is 48.9. The Labute approximate surface area is 315 Å². The van der Waals surface area contributed by atoms with Gasteiger partial charge in [-0.3, -0.25) is 14.4 Å². The van der Waals surface area contributed by atoms with Crippen molar-refractivity contribution in [2.75, 3.05) is 13.2 Å².